The number of carbonyl (C=O) groups is 1. The van der Waals surface area contributed by atoms with Crippen LogP contribution in [0.4, 0.5) is 0 Å². The van der Waals surface area contributed by atoms with E-state index in [9.17, 15) is 4.79 Å². The Hall–Kier alpha value is -0.760. The summed E-state index contributed by atoms with van der Waals surface area (Å²) in [4.78, 5) is 13.3. The largest absolute Gasteiger partial charge is 0.294 e. The highest BCUT2D eigenvalue weighted by atomic mass is 32.2. The molecule has 0 rings (SSSR count). The predicted molar refractivity (Wildman–Crippen MR) is 80.4 cm³/mol. The van der Waals surface area contributed by atoms with Crippen molar-refractivity contribution >= 4 is 16.7 Å². The molecule has 2 heteroatoms. The smallest absolute Gasteiger partial charge is 0.185 e. The first kappa shape index (κ1) is 16.2. The van der Waals surface area contributed by atoms with E-state index in [0.29, 0.717) is 12.2 Å². The standard InChI is InChI=1S/C15H25OS/c1-6-10-13(11-7-2)17(5)15(9-4)14(16)12-8-3/h6-7,10-11,15H,1,8-9,12H2,2-5H3/q+1/b11-7-,13-10+. The number of hydrogen-bond donors (Lipinski definition) is 0. The van der Waals surface area contributed by atoms with E-state index < -0.39 is 0 Å². The summed E-state index contributed by atoms with van der Waals surface area (Å²) in [7, 11) is -0.0234. The van der Waals surface area contributed by atoms with Crippen molar-refractivity contribution in [2.45, 2.75) is 45.3 Å². The van der Waals surface area contributed by atoms with Gasteiger partial charge in [-0.05, 0) is 31.9 Å². The molecule has 0 heterocycles. The maximum absolute atomic E-state index is 12.1. The van der Waals surface area contributed by atoms with E-state index in [1.165, 1.54) is 4.91 Å². The van der Waals surface area contributed by atoms with Crippen molar-refractivity contribution in [1.82, 2.24) is 0 Å². The Morgan fingerprint density at radius 3 is 2.47 bits per heavy atom. The Bertz CT molecular complexity index is 302. The molecule has 1 nitrogen and oxygen atoms in total. The van der Waals surface area contributed by atoms with Gasteiger partial charge in [-0.1, -0.05) is 32.6 Å². The lowest BCUT2D eigenvalue weighted by molar-refractivity contribution is -0.118. The molecule has 0 spiro atoms. The van der Waals surface area contributed by atoms with Gasteiger partial charge in [0.25, 0.3) is 0 Å². The normalized spacial score (nSPS) is 15.9. The van der Waals surface area contributed by atoms with Crippen LogP contribution in [0.25, 0.3) is 0 Å². The molecule has 17 heavy (non-hydrogen) atoms. The fourth-order valence-corrected chi connectivity index (χ4v) is 3.80. The quantitative estimate of drug-likeness (QED) is 0.471. The van der Waals surface area contributed by atoms with Crippen LogP contribution in [-0.2, 0) is 15.7 Å². The molecular formula is C15H25OS+. The van der Waals surface area contributed by atoms with Crippen LogP contribution in [0.15, 0.2) is 35.8 Å². The zero-order valence-corrected chi connectivity index (χ0v) is 12.3. The number of allylic oxidation sites excluding steroid dienone is 4. The average molecular weight is 253 g/mol. The lowest BCUT2D eigenvalue weighted by Gasteiger charge is -2.13. The highest BCUT2D eigenvalue weighted by Gasteiger charge is 2.32. The molecule has 0 N–H and O–H groups in total. The van der Waals surface area contributed by atoms with E-state index in [4.69, 9.17) is 0 Å². The van der Waals surface area contributed by atoms with E-state index in [2.05, 4.69) is 32.8 Å². The summed E-state index contributed by atoms with van der Waals surface area (Å²) in [6, 6.07) is 0. The Balaban J connectivity index is 4.93. The van der Waals surface area contributed by atoms with Crippen molar-refractivity contribution in [2.24, 2.45) is 0 Å². The lowest BCUT2D eigenvalue weighted by atomic mass is 10.1. The second-order valence-electron chi connectivity index (χ2n) is 3.98. The molecule has 0 aromatic heterocycles. The molecule has 0 aliphatic rings. The number of Topliss-reactive ketones (excluding diaryl/α,β-unsaturated/α-hetero) is 1. The fraction of sp³-hybridized carbons (Fsp3) is 0.533. The van der Waals surface area contributed by atoms with Crippen molar-refractivity contribution in [3.05, 3.63) is 35.8 Å². The van der Waals surface area contributed by atoms with Crippen LogP contribution in [-0.4, -0.2) is 17.3 Å². The van der Waals surface area contributed by atoms with Crippen LogP contribution < -0.4 is 0 Å². The molecule has 0 aliphatic carbocycles. The third kappa shape index (κ3) is 5.40. The summed E-state index contributed by atoms with van der Waals surface area (Å²) in [5.41, 5.74) is 0. The van der Waals surface area contributed by atoms with Gasteiger partial charge >= 0.3 is 0 Å². The van der Waals surface area contributed by atoms with Gasteiger partial charge in [-0.3, -0.25) is 4.79 Å². The van der Waals surface area contributed by atoms with Gasteiger partial charge in [-0.2, -0.15) is 0 Å². The minimum atomic E-state index is -0.0234. The minimum Gasteiger partial charge on any atom is -0.294 e. The first-order valence-electron chi connectivity index (χ1n) is 6.25. The van der Waals surface area contributed by atoms with Crippen LogP contribution in [0.3, 0.4) is 0 Å². The molecule has 0 aromatic rings. The molecule has 0 aliphatic heterocycles. The number of rotatable bonds is 8. The topological polar surface area (TPSA) is 17.1 Å². The molecule has 0 aromatic carbocycles. The van der Waals surface area contributed by atoms with Crippen LogP contribution in [0.1, 0.15) is 40.0 Å². The summed E-state index contributed by atoms with van der Waals surface area (Å²) in [5.74, 6) is 0.403. The van der Waals surface area contributed by atoms with E-state index in [-0.39, 0.29) is 16.1 Å². The molecule has 96 valence electrons. The zero-order chi connectivity index (χ0) is 13.3. The molecule has 0 saturated carbocycles. The van der Waals surface area contributed by atoms with Crippen molar-refractivity contribution < 1.29 is 4.79 Å². The maximum atomic E-state index is 12.1. The minimum absolute atomic E-state index is 0.0234. The van der Waals surface area contributed by atoms with Crippen molar-refractivity contribution in [2.75, 3.05) is 6.26 Å². The van der Waals surface area contributed by atoms with Crippen LogP contribution in [0.2, 0.25) is 0 Å². The second kappa shape index (κ2) is 9.29. The summed E-state index contributed by atoms with van der Waals surface area (Å²) in [5, 5.41) is 0.164. The average Bonchev–Trinajstić information content (AvgIpc) is 2.30. The SMILES string of the molecule is C=C/C=C(\C=C/C)[S+](C)C(CC)C(=O)CCC. The van der Waals surface area contributed by atoms with Gasteiger partial charge in [0, 0.05) is 17.3 Å². The highest BCUT2D eigenvalue weighted by molar-refractivity contribution is 8.01. The van der Waals surface area contributed by atoms with Crippen LogP contribution >= 0.6 is 0 Å². The Kier molecular flexibility index (Phi) is 8.87. The fourth-order valence-electron chi connectivity index (χ4n) is 1.80. The van der Waals surface area contributed by atoms with E-state index in [0.717, 1.165) is 12.8 Å². The van der Waals surface area contributed by atoms with E-state index >= 15 is 0 Å². The number of carbonyl (C=O) groups excluding carboxylic acids is 1. The van der Waals surface area contributed by atoms with Gasteiger partial charge in [0.1, 0.15) is 6.26 Å². The van der Waals surface area contributed by atoms with Crippen molar-refractivity contribution in [1.29, 1.82) is 0 Å². The first-order valence-corrected chi connectivity index (χ1v) is 7.94. The number of ketones is 1. The summed E-state index contributed by atoms with van der Waals surface area (Å²) in [6.07, 6.45) is 12.7. The third-order valence-corrected chi connectivity index (χ3v) is 5.10. The van der Waals surface area contributed by atoms with Gasteiger partial charge < -0.3 is 0 Å². The molecule has 0 radical (unpaired) electrons. The van der Waals surface area contributed by atoms with Gasteiger partial charge in [-0.25, -0.2) is 0 Å². The summed E-state index contributed by atoms with van der Waals surface area (Å²) < 4.78 is 0. The van der Waals surface area contributed by atoms with Gasteiger partial charge in [-0.15, -0.1) is 0 Å². The highest BCUT2D eigenvalue weighted by Crippen LogP contribution is 2.21. The summed E-state index contributed by atoms with van der Waals surface area (Å²) in [6.45, 7) is 9.90. The molecule has 2 atom stereocenters. The Morgan fingerprint density at radius 2 is 2.06 bits per heavy atom. The molecule has 0 saturated heterocycles. The first-order chi connectivity index (χ1) is 8.12. The summed E-state index contributed by atoms with van der Waals surface area (Å²) >= 11 is 0. The van der Waals surface area contributed by atoms with Crippen molar-refractivity contribution in [3.63, 3.8) is 0 Å². The Morgan fingerprint density at radius 1 is 1.41 bits per heavy atom. The van der Waals surface area contributed by atoms with Gasteiger partial charge in [0.05, 0.1) is 0 Å². The third-order valence-electron chi connectivity index (χ3n) is 2.64. The van der Waals surface area contributed by atoms with Gasteiger partial charge in [0.2, 0.25) is 0 Å². The van der Waals surface area contributed by atoms with Crippen LogP contribution in [0.5, 0.6) is 0 Å². The van der Waals surface area contributed by atoms with E-state index in [1.54, 1.807) is 6.08 Å². The molecule has 0 bridgehead atoms. The molecular weight excluding hydrogens is 228 g/mol. The lowest BCUT2D eigenvalue weighted by Crippen LogP contribution is -2.29. The maximum Gasteiger partial charge on any atom is 0.185 e. The van der Waals surface area contributed by atoms with Crippen LogP contribution in [0, 0.1) is 0 Å². The Labute approximate surface area is 109 Å². The van der Waals surface area contributed by atoms with Crippen molar-refractivity contribution in [3.8, 4) is 0 Å². The second-order valence-corrected chi connectivity index (χ2v) is 6.13. The molecule has 2 unspecified atom stereocenters. The number of hydrogen-bond acceptors (Lipinski definition) is 1. The monoisotopic (exact) mass is 253 g/mol. The van der Waals surface area contributed by atoms with Gasteiger partial charge in [0.15, 0.2) is 15.9 Å². The van der Waals surface area contributed by atoms with E-state index in [1.807, 2.05) is 19.1 Å². The molecule has 0 amide bonds. The zero-order valence-electron chi connectivity index (χ0n) is 11.5. The predicted octanol–water partition coefficient (Wildman–Crippen LogP) is 4.03. The molecule has 0 fully saturated rings.